The highest BCUT2D eigenvalue weighted by Crippen LogP contribution is 2.82. The first-order valence-electron chi connectivity index (χ1n) is 30.1. The molecule has 12 saturated heterocycles. The second-order valence-corrected chi connectivity index (χ2v) is 66.2. The average Bonchev–Trinajstić information content (AvgIpc) is 1.48. The molecule has 12 fully saturated rings. The molecular formula is C41H60F24O18Si12. The van der Waals surface area contributed by atoms with E-state index in [2.05, 4.69) is 0 Å². The minimum atomic E-state index is -7.65. The van der Waals surface area contributed by atoms with Gasteiger partial charge < -0.3 is 77.9 Å². The first-order chi connectivity index (χ1) is 43.0. The Morgan fingerprint density at radius 1 is 0.411 bits per heavy atom. The van der Waals surface area contributed by atoms with E-state index >= 15 is 92.2 Å². The molecule has 12 aliphatic heterocycles. The van der Waals surface area contributed by atoms with Gasteiger partial charge in [-0.15, -0.1) is 0 Å². The topological polar surface area (TPSA) is 177 Å². The molecule has 95 heavy (non-hydrogen) atoms. The van der Waals surface area contributed by atoms with Crippen molar-refractivity contribution < 1.29 is 183 Å². The van der Waals surface area contributed by atoms with Crippen molar-refractivity contribution in [3.05, 3.63) is 0 Å². The molecule has 18 nitrogen and oxygen atoms in total. The van der Waals surface area contributed by atoms with Crippen LogP contribution in [-0.4, -0.2) is 195 Å². The molecule has 11 bridgehead atoms. The summed E-state index contributed by atoms with van der Waals surface area (Å²) in [6.07, 6.45) is -67.7. The van der Waals surface area contributed by atoms with Crippen LogP contribution >= 0.6 is 0 Å². The number of rotatable bonds is 20. The maximum Gasteiger partial charge on any atom is 0.498 e. The Morgan fingerprint density at radius 3 is 1.47 bits per heavy atom. The molecule has 0 saturated carbocycles. The van der Waals surface area contributed by atoms with Crippen LogP contribution in [0.5, 0.6) is 0 Å². The van der Waals surface area contributed by atoms with E-state index in [4.69, 9.17) is 73.1 Å². The van der Waals surface area contributed by atoms with Crippen molar-refractivity contribution in [3.8, 4) is 0 Å². The lowest BCUT2D eigenvalue weighted by atomic mass is 10.3. The van der Waals surface area contributed by atoms with Gasteiger partial charge >= 0.3 is 136 Å². The highest BCUT2D eigenvalue weighted by molar-refractivity contribution is 7.21. The van der Waals surface area contributed by atoms with Crippen LogP contribution in [0.25, 0.3) is 0 Å². The van der Waals surface area contributed by atoms with Gasteiger partial charge in [0, 0.05) is 80.8 Å². The quantitative estimate of drug-likeness (QED) is 0.0898. The normalized spacial score (nSPS) is 48.0. The molecule has 1 N–H and O–H groups in total. The maximum absolute atomic E-state index is 17.8. The summed E-state index contributed by atoms with van der Waals surface area (Å²) in [6, 6.07) is -18.3. The first-order valence-corrected chi connectivity index (χ1v) is 54.1. The van der Waals surface area contributed by atoms with Gasteiger partial charge in [0.15, 0.2) is 5.22 Å². The molecule has 0 aromatic carbocycles. The SMILES string of the molecule is CCC[Si]1(O)OC23O[Si]45CC6(CC)O[Si]2(CCC)O[Si]3(CCC(F)(F)F)OC[SiH](CCC(F)(F)F)OC2(CC(F)(F)F)[Si]3(CCC(F)(F)F)O[Si]7(CCC(F)(F)F)OC8(C(F)(F)F)C[Si]9%10OC3(O7)[Si]2(OC9(O4)[Si](CCC(F)(F)F)(O[Si]6(CCC)O5)O[Si]8(CCC(F)(F)F)O%10)O1. The molecule has 18 atom stereocenters. The average molecular weight is 1630 g/mol. The van der Waals surface area contributed by atoms with Crippen LogP contribution in [0.3, 0.4) is 0 Å². The van der Waals surface area contributed by atoms with Crippen LogP contribution in [-0.2, 0) is 73.1 Å². The van der Waals surface area contributed by atoms with Gasteiger partial charge in [0.2, 0.25) is 24.1 Å². The fourth-order valence-corrected chi connectivity index (χ4v) is 107. The molecule has 12 heterocycles. The minimum Gasteiger partial charge on any atom is -0.411 e. The van der Waals surface area contributed by atoms with Crippen molar-refractivity contribution in [1.29, 1.82) is 0 Å². The van der Waals surface area contributed by atoms with Crippen molar-refractivity contribution in [2.75, 3.05) is 6.23 Å². The van der Waals surface area contributed by atoms with E-state index in [-0.39, 0.29) is 12.8 Å². The van der Waals surface area contributed by atoms with Crippen LogP contribution in [0.4, 0.5) is 105 Å². The molecule has 0 aromatic heterocycles. The largest absolute Gasteiger partial charge is 0.498 e. The monoisotopic (exact) mass is 1630 g/mol. The fourth-order valence-electron chi connectivity index (χ4n) is 16.6. The number of hydrogen-bond acceptors (Lipinski definition) is 18. The molecule has 18 unspecified atom stereocenters. The van der Waals surface area contributed by atoms with E-state index in [0.29, 0.717) is 0 Å². The van der Waals surface area contributed by atoms with E-state index in [1.807, 2.05) is 0 Å². The Balaban J connectivity index is 1.34. The van der Waals surface area contributed by atoms with E-state index in [0.717, 1.165) is 6.92 Å². The van der Waals surface area contributed by atoms with Crippen LogP contribution < -0.4 is 0 Å². The predicted octanol–water partition coefficient (Wildman–Crippen LogP) is 12.1. The van der Waals surface area contributed by atoms with Crippen molar-refractivity contribution in [2.24, 2.45) is 0 Å². The predicted molar refractivity (Wildman–Crippen MR) is 287 cm³/mol. The molecule has 548 valence electrons. The number of halogens is 24. The third-order valence-electron chi connectivity index (χ3n) is 19.7. The van der Waals surface area contributed by atoms with Gasteiger partial charge in [0.05, 0.1) is 12.7 Å². The third kappa shape index (κ3) is 10.7. The Bertz CT molecular complexity index is 3030. The van der Waals surface area contributed by atoms with Crippen LogP contribution in [0, 0.1) is 0 Å². The molecule has 12 aliphatic rings. The zero-order valence-corrected chi connectivity index (χ0v) is 62.0. The summed E-state index contributed by atoms with van der Waals surface area (Å²) in [6.45, 7) is 5.21. The molecule has 0 amide bonds. The molecule has 0 aliphatic carbocycles. The Labute approximate surface area is 535 Å². The second kappa shape index (κ2) is 21.9. The summed E-state index contributed by atoms with van der Waals surface area (Å²) in [5.41, 5.74) is 0. The standard InChI is InChI=1S/C41H60F24O18Si12/c1-5-16-86-28(8-4)25-94(82-86)74-40-72-92(66,18-7-3)83-95-37(24-36(60,61)62,68-84(15-9-30(42,43)44)27-67-88(40,21-12-33(51,52)53)81-89(40,69-28)17-6-2)85(19-10-31(45,46)47)39(95)71-91-26-29(38(63,64)65,70-93(73-39,77-85)23-14-35(57,58)59)87(80-91,20-11-32(48,49)50)79-90(78-86,22-13-34(54,55)56)41(91,75-94)76-95/h66,84H,5-27H2,1-4H3. The van der Waals surface area contributed by atoms with E-state index in [1.54, 1.807) is 0 Å². The molecule has 0 radical (unpaired) electrons. The van der Waals surface area contributed by atoms with Gasteiger partial charge in [-0.1, -0.05) is 47.0 Å². The summed E-state index contributed by atoms with van der Waals surface area (Å²) in [4.78, 5) is 9.57. The summed E-state index contributed by atoms with van der Waals surface area (Å²) >= 11 is 0. The molecular weight excluding hydrogens is 1570 g/mol. The Hall–Kier alpha value is 0.203. The zero-order chi connectivity index (χ0) is 70.4. The Kier molecular flexibility index (Phi) is 17.3. The third-order valence-corrected chi connectivity index (χ3v) is 82.9. The van der Waals surface area contributed by atoms with Gasteiger partial charge in [-0.25, -0.2) is 0 Å². The number of fused-ring (bicyclic) bond motifs is 10. The molecule has 12 rings (SSSR count). The molecule has 54 heteroatoms. The van der Waals surface area contributed by atoms with Gasteiger partial charge in [-0.2, -0.15) is 105 Å². The fraction of sp³-hybridized carbons (Fsp3) is 1.00. The van der Waals surface area contributed by atoms with Crippen molar-refractivity contribution >= 4 is 104 Å². The lowest BCUT2D eigenvalue weighted by molar-refractivity contribution is -0.242. The summed E-state index contributed by atoms with van der Waals surface area (Å²) in [5, 5.41) is -19.6. The van der Waals surface area contributed by atoms with E-state index in [9.17, 15) is 18.0 Å². The lowest BCUT2D eigenvalue weighted by Crippen LogP contribution is -3.10. The van der Waals surface area contributed by atoms with Gasteiger partial charge in [-0.3, -0.25) is 0 Å². The number of alkyl halides is 24. The Morgan fingerprint density at radius 2 is 0.926 bits per heavy atom. The lowest BCUT2D eigenvalue weighted by Gasteiger charge is -2.78. The smallest absolute Gasteiger partial charge is 0.411 e. The van der Waals surface area contributed by atoms with Crippen molar-refractivity contribution in [3.63, 3.8) is 0 Å². The van der Waals surface area contributed by atoms with Crippen molar-refractivity contribution in [2.45, 2.75) is 245 Å². The van der Waals surface area contributed by atoms with Crippen LogP contribution in [0.1, 0.15) is 98.3 Å². The van der Waals surface area contributed by atoms with Gasteiger partial charge in [0.1, 0.15) is 10.1 Å². The van der Waals surface area contributed by atoms with Crippen LogP contribution in [0.2, 0.25) is 66.5 Å². The van der Waals surface area contributed by atoms with Gasteiger partial charge in [0.25, 0.3) is 8.32 Å². The molecule has 6 spiro atoms. The maximum atomic E-state index is 17.8. The highest BCUT2D eigenvalue weighted by Gasteiger charge is 3.14. The van der Waals surface area contributed by atoms with E-state index in [1.165, 1.54) is 20.8 Å². The number of hydrogen-bond donors (Lipinski definition) is 1. The zero-order valence-electron chi connectivity index (χ0n) is 49.8. The summed E-state index contributed by atoms with van der Waals surface area (Å²) in [7, 11) is -78.7. The second-order valence-electron chi connectivity index (χ2n) is 26.1. The van der Waals surface area contributed by atoms with Gasteiger partial charge in [-0.05, 0) is 30.6 Å². The minimum absolute atomic E-state index is 0.269. The summed E-state index contributed by atoms with van der Waals surface area (Å²) in [5.74, 6) is 0. The van der Waals surface area contributed by atoms with Crippen molar-refractivity contribution in [1.82, 2.24) is 0 Å². The molecule has 0 aromatic rings. The summed E-state index contributed by atoms with van der Waals surface area (Å²) < 4.78 is 495. The van der Waals surface area contributed by atoms with Crippen LogP contribution in [0.15, 0.2) is 0 Å². The highest BCUT2D eigenvalue weighted by atomic mass is 28.6. The first kappa shape index (κ1) is 74.9. The van der Waals surface area contributed by atoms with E-state index < -0.39 is 314 Å².